The second kappa shape index (κ2) is 7.10. The molecule has 2 rings (SSSR count). The number of aryl methyl sites for hydroxylation is 1. The number of hydrogen-bond donors (Lipinski definition) is 0. The molecule has 0 bridgehead atoms. The minimum atomic E-state index is -0.167. The molecule has 1 fully saturated rings. The Morgan fingerprint density at radius 3 is 2.35 bits per heavy atom. The number of esters is 1. The predicted molar refractivity (Wildman–Crippen MR) is 70.2 cm³/mol. The first-order chi connectivity index (χ1) is 8.27. The van der Waals surface area contributed by atoms with Crippen molar-refractivity contribution in [2.75, 3.05) is 0 Å². The van der Waals surface area contributed by atoms with E-state index in [0.29, 0.717) is 5.56 Å². The Labute approximate surface area is 104 Å². The molecule has 1 aliphatic carbocycles. The maximum Gasteiger partial charge on any atom is 0.338 e. The summed E-state index contributed by atoms with van der Waals surface area (Å²) in [6.07, 6.45) is 4.57. The average Bonchev–Trinajstić information content (AvgIpc) is 2.85. The number of rotatable bonds is 2. The largest absolute Gasteiger partial charge is 0.459 e. The highest BCUT2D eigenvalue weighted by Gasteiger charge is 2.20. The van der Waals surface area contributed by atoms with Crippen molar-refractivity contribution in [1.29, 1.82) is 0 Å². The summed E-state index contributed by atoms with van der Waals surface area (Å²) in [5.41, 5.74) is 1.69. The van der Waals surface area contributed by atoms with Crippen molar-refractivity contribution < 1.29 is 9.53 Å². The summed E-state index contributed by atoms with van der Waals surface area (Å²) in [4.78, 5) is 11.8. The summed E-state index contributed by atoms with van der Waals surface area (Å²) in [6, 6.07) is 7.57. The van der Waals surface area contributed by atoms with Crippen LogP contribution in [0, 0.1) is 6.92 Å². The Hall–Kier alpha value is -1.31. The van der Waals surface area contributed by atoms with Crippen LogP contribution in [0.4, 0.5) is 0 Å². The van der Waals surface area contributed by atoms with Crippen LogP contribution in [0.25, 0.3) is 0 Å². The molecule has 2 nitrogen and oxygen atoms in total. The third-order valence-corrected chi connectivity index (χ3v) is 2.94. The van der Waals surface area contributed by atoms with E-state index in [9.17, 15) is 4.79 Å². The highest BCUT2D eigenvalue weighted by Crippen LogP contribution is 2.22. The molecule has 0 heterocycles. The van der Waals surface area contributed by atoms with Gasteiger partial charge in [-0.3, -0.25) is 0 Å². The van der Waals surface area contributed by atoms with Gasteiger partial charge in [0, 0.05) is 0 Å². The van der Waals surface area contributed by atoms with Crippen LogP contribution in [0.2, 0.25) is 0 Å². The van der Waals surface area contributed by atoms with Crippen molar-refractivity contribution in [1.82, 2.24) is 0 Å². The summed E-state index contributed by atoms with van der Waals surface area (Å²) < 4.78 is 5.44. The summed E-state index contributed by atoms with van der Waals surface area (Å²) in [7, 11) is 0. The first kappa shape index (κ1) is 13.8. The summed E-state index contributed by atoms with van der Waals surface area (Å²) in [6.45, 7) is 5.94. The smallest absolute Gasteiger partial charge is 0.338 e. The van der Waals surface area contributed by atoms with Crippen LogP contribution in [0.15, 0.2) is 24.3 Å². The number of carbonyl (C=O) groups is 1. The molecule has 94 valence electrons. The number of hydrogen-bond acceptors (Lipinski definition) is 2. The molecular weight excluding hydrogens is 212 g/mol. The molecule has 1 aromatic rings. The van der Waals surface area contributed by atoms with Gasteiger partial charge in [-0.1, -0.05) is 32.0 Å². The van der Waals surface area contributed by atoms with Gasteiger partial charge in [0.25, 0.3) is 0 Å². The molecule has 0 radical (unpaired) electrons. The third-order valence-electron chi connectivity index (χ3n) is 2.94. The maximum absolute atomic E-state index is 11.8. The number of benzene rings is 1. The normalized spacial score (nSPS) is 15.0. The molecular formula is C15H22O2. The second-order valence-corrected chi connectivity index (χ2v) is 4.13. The Morgan fingerprint density at radius 2 is 1.76 bits per heavy atom. The fraction of sp³-hybridized carbons (Fsp3) is 0.533. The molecule has 0 aliphatic heterocycles. The highest BCUT2D eigenvalue weighted by atomic mass is 16.5. The number of carbonyl (C=O) groups excluding carboxylic acids is 1. The molecule has 0 atom stereocenters. The van der Waals surface area contributed by atoms with Gasteiger partial charge in [0.1, 0.15) is 6.10 Å². The zero-order chi connectivity index (χ0) is 12.7. The van der Waals surface area contributed by atoms with E-state index in [-0.39, 0.29) is 12.1 Å². The van der Waals surface area contributed by atoms with Gasteiger partial charge in [-0.2, -0.15) is 0 Å². The van der Waals surface area contributed by atoms with Crippen LogP contribution < -0.4 is 0 Å². The number of ether oxygens (including phenoxy) is 1. The fourth-order valence-corrected chi connectivity index (χ4v) is 2.02. The van der Waals surface area contributed by atoms with Gasteiger partial charge >= 0.3 is 5.97 Å². The highest BCUT2D eigenvalue weighted by molar-refractivity contribution is 5.91. The van der Waals surface area contributed by atoms with E-state index >= 15 is 0 Å². The topological polar surface area (TPSA) is 26.3 Å². The van der Waals surface area contributed by atoms with Crippen LogP contribution in [0.1, 0.15) is 55.5 Å². The molecule has 1 aliphatic rings. The van der Waals surface area contributed by atoms with Crippen molar-refractivity contribution in [2.45, 2.75) is 52.6 Å². The van der Waals surface area contributed by atoms with Gasteiger partial charge in [0.05, 0.1) is 5.56 Å². The van der Waals surface area contributed by atoms with Gasteiger partial charge in [-0.15, -0.1) is 0 Å². The predicted octanol–water partition coefficient (Wildman–Crippen LogP) is 4.12. The third kappa shape index (κ3) is 3.88. The Kier molecular flexibility index (Phi) is 5.75. The standard InChI is InChI=1S/C13H16O2.C2H6/c1-10-6-2-5-9-12(10)13(14)15-11-7-3-4-8-11;1-2/h2,5-6,9,11H,3-4,7-8H2,1H3;1-2H3. The van der Waals surface area contributed by atoms with Crippen molar-refractivity contribution in [3.8, 4) is 0 Å². The summed E-state index contributed by atoms with van der Waals surface area (Å²) in [5, 5.41) is 0. The van der Waals surface area contributed by atoms with E-state index in [1.807, 2.05) is 45.0 Å². The lowest BCUT2D eigenvalue weighted by Crippen LogP contribution is -2.15. The SMILES string of the molecule is CC.Cc1ccccc1C(=O)OC1CCCC1. The average molecular weight is 234 g/mol. The van der Waals surface area contributed by atoms with E-state index in [1.54, 1.807) is 0 Å². The first-order valence-corrected chi connectivity index (χ1v) is 6.54. The minimum Gasteiger partial charge on any atom is -0.459 e. The minimum absolute atomic E-state index is 0.150. The summed E-state index contributed by atoms with van der Waals surface area (Å²) >= 11 is 0. The maximum atomic E-state index is 11.8. The molecule has 1 saturated carbocycles. The van der Waals surface area contributed by atoms with Crippen LogP contribution >= 0.6 is 0 Å². The van der Waals surface area contributed by atoms with E-state index in [0.717, 1.165) is 18.4 Å². The molecule has 1 aromatic carbocycles. The Balaban J connectivity index is 0.000000686. The van der Waals surface area contributed by atoms with E-state index in [2.05, 4.69) is 0 Å². The lowest BCUT2D eigenvalue weighted by Gasteiger charge is -2.12. The van der Waals surface area contributed by atoms with Gasteiger partial charge in [-0.05, 0) is 44.2 Å². The molecule has 2 heteroatoms. The second-order valence-electron chi connectivity index (χ2n) is 4.13. The van der Waals surface area contributed by atoms with Gasteiger partial charge in [0.2, 0.25) is 0 Å². The first-order valence-electron chi connectivity index (χ1n) is 6.54. The van der Waals surface area contributed by atoms with Crippen molar-refractivity contribution in [3.63, 3.8) is 0 Å². The zero-order valence-electron chi connectivity index (χ0n) is 11.0. The van der Waals surface area contributed by atoms with Gasteiger partial charge < -0.3 is 4.74 Å². The van der Waals surface area contributed by atoms with Crippen LogP contribution in [-0.2, 0) is 4.74 Å². The van der Waals surface area contributed by atoms with Crippen LogP contribution in [-0.4, -0.2) is 12.1 Å². The Bertz CT molecular complexity index is 352. The monoisotopic (exact) mass is 234 g/mol. The van der Waals surface area contributed by atoms with Crippen molar-refractivity contribution in [2.24, 2.45) is 0 Å². The van der Waals surface area contributed by atoms with Crippen LogP contribution in [0.5, 0.6) is 0 Å². The lowest BCUT2D eigenvalue weighted by atomic mass is 10.1. The molecule has 17 heavy (non-hydrogen) atoms. The molecule has 0 N–H and O–H groups in total. The van der Waals surface area contributed by atoms with Crippen molar-refractivity contribution in [3.05, 3.63) is 35.4 Å². The van der Waals surface area contributed by atoms with E-state index in [1.165, 1.54) is 12.8 Å². The van der Waals surface area contributed by atoms with Gasteiger partial charge in [0.15, 0.2) is 0 Å². The van der Waals surface area contributed by atoms with E-state index in [4.69, 9.17) is 4.74 Å². The Morgan fingerprint density at radius 1 is 1.18 bits per heavy atom. The van der Waals surface area contributed by atoms with Gasteiger partial charge in [-0.25, -0.2) is 4.79 Å². The molecule has 0 spiro atoms. The molecule has 0 unspecified atom stereocenters. The quantitative estimate of drug-likeness (QED) is 0.719. The fourth-order valence-electron chi connectivity index (χ4n) is 2.02. The van der Waals surface area contributed by atoms with E-state index < -0.39 is 0 Å². The molecule has 0 aromatic heterocycles. The molecule has 0 saturated heterocycles. The zero-order valence-corrected chi connectivity index (χ0v) is 11.0. The van der Waals surface area contributed by atoms with Crippen LogP contribution in [0.3, 0.4) is 0 Å². The summed E-state index contributed by atoms with van der Waals surface area (Å²) in [5.74, 6) is -0.167. The molecule has 0 amide bonds. The van der Waals surface area contributed by atoms with Crippen molar-refractivity contribution >= 4 is 5.97 Å². The lowest BCUT2D eigenvalue weighted by molar-refractivity contribution is 0.0317.